The Kier molecular flexibility index (Phi) is 5.37. The zero-order chi connectivity index (χ0) is 14.5. The lowest BCUT2D eigenvalue weighted by atomic mass is 9.94. The molecule has 0 spiro atoms. The van der Waals surface area contributed by atoms with Gasteiger partial charge in [0.15, 0.2) is 0 Å². The van der Waals surface area contributed by atoms with Crippen LogP contribution in [0.4, 0.5) is 4.79 Å². The highest BCUT2D eigenvalue weighted by Crippen LogP contribution is 2.21. The number of nitrogens with zero attached hydrogens (tertiary/aromatic N) is 2. The maximum absolute atomic E-state index is 11.6. The van der Waals surface area contributed by atoms with Gasteiger partial charge in [0.25, 0.3) is 0 Å². The highest BCUT2D eigenvalue weighted by atomic mass is 32.1. The molecule has 0 aromatic carbocycles. The molecular weight excluding hydrogens is 272 g/mol. The van der Waals surface area contributed by atoms with Crippen LogP contribution in [0.1, 0.15) is 30.2 Å². The van der Waals surface area contributed by atoms with Gasteiger partial charge < -0.3 is 10.6 Å². The first-order valence-corrected chi connectivity index (χ1v) is 8.08. The average Bonchev–Trinajstić information content (AvgIpc) is 2.78. The van der Waals surface area contributed by atoms with E-state index in [0.29, 0.717) is 12.5 Å². The van der Waals surface area contributed by atoms with Gasteiger partial charge in [-0.2, -0.15) is 0 Å². The van der Waals surface area contributed by atoms with Crippen molar-refractivity contribution in [2.75, 3.05) is 19.6 Å². The van der Waals surface area contributed by atoms with E-state index in [1.165, 1.54) is 4.88 Å². The van der Waals surface area contributed by atoms with E-state index in [0.717, 1.165) is 31.1 Å². The lowest BCUT2D eigenvalue weighted by molar-refractivity contribution is 0.143. The van der Waals surface area contributed by atoms with Crippen LogP contribution in [-0.2, 0) is 6.54 Å². The number of hydrogen-bond donors (Lipinski definition) is 2. The molecule has 2 heterocycles. The number of carbonyl (C=O) groups excluding carboxylic acids is 1. The van der Waals surface area contributed by atoms with Crippen LogP contribution in [0.3, 0.4) is 0 Å². The topological polar surface area (TPSA) is 57.3 Å². The number of thiazole rings is 1. The molecule has 0 saturated carbocycles. The molecule has 5 nitrogen and oxygen atoms in total. The summed E-state index contributed by atoms with van der Waals surface area (Å²) in [4.78, 5) is 19.7. The zero-order valence-electron chi connectivity index (χ0n) is 12.5. The van der Waals surface area contributed by atoms with Crippen LogP contribution < -0.4 is 10.6 Å². The first-order valence-electron chi connectivity index (χ1n) is 7.26. The molecule has 6 heteroatoms. The molecule has 2 atom stereocenters. The molecule has 1 aliphatic rings. The summed E-state index contributed by atoms with van der Waals surface area (Å²) in [6.45, 7) is 9.88. The minimum atomic E-state index is -0.0455. The first-order chi connectivity index (χ1) is 9.58. The number of urea groups is 1. The monoisotopic (exact) mass is 296 g/mol. The van der Waals surface area contributed by atoms with Gasteiger partial charge in [0.1, 0.15) is 0 Å². The molecule has 20 heavy (non-hydrogen) atoms. The van der Waals surface area contributed by atoms with Crippen molar-refractivity contribution in [3.8, 4) is 0 Å². The molecular formula is C14H24N4OS. The Balaban J connectivity index is 1.81. The predicted octanol–water partition coefficient (Wildman–Crippen LogP) is 1.98. The number of aromatic nitrogens is 1. The number of likely N-dealkylation sites (tertiary alicyclic amines) is 1. The standard InChI is InChI=1S/C14H24N4OS/c1-4-15-14(19)17-13-5-6-18(8-10(13)2)9-12-7-16-11(3)20-12/h7,10,13H,4-6,8-9H2,1-3H3,(H2,15,17,19). The number of rotatable bonds is 4. The lowest BCUT2D eigenvalue weighted by Gasteiger charge is -2.37. The maximum atomic E-state index is 11.6. The minimum Gasteiger partial charge on any atom is -0.338 e. The van der Waals surface area contributed by atoms with Gasteiger partial charge in [-0.1, -0.05) is 6.92 Å². The van der Waals surface area contributed by atoms with Crippen molar-refractivity contribution >= 4 is 17.4 Å². The van der Waals surface area contributed by atoms with Crippen LogP contribution in [-0.4, -0.2) is 41.6 Å². The van der Waals surface area contributed by atoms with Crippen molar-refractivity contribution in [1.82, 2.24) is 20.5 Å². The third-order valence-corrected chi connectivity index (χ3v) is 4.59. The Morgan fingerprint density at radius 1 is 1.60 bits per heavy atom. The summed E-state index contributed by atoms with van der Waals surface area (Å²) in [6, 6.07) is 0.233. The van der Waals surface area contributed by atoms with Crippen LogP contribution >= 0.6 is 11.3 Å². The molecule has 1 saturated heterocycles. The molecule has 2 unspecified atom stereocenters. The van der Waals surface area contributed by atoms with E-state index in [9.17, 15) is 4.79 Å². The van der Waals surface area contributed by atoms with Crippen molar-refractivity contribution in [3.63, 3.8) is 0 Å². The van der Waals surface area contributed by atoms with E-state index in [2.05, 4.69) is 27.4 Å². The summed E-state index contributed by atoms with van der Waals surface area (Å²) >= 11 is 1.77. The molecule has 1 aliphatic heterocycles. The Morgan fingerprint density at radius 3 is 3.00 bits per heavy atom. The Morgan fingerprint density at radius 2 is 2.40 bits per heavy atom. The van der Waals surface area contributed by atoms with Crippen LogP contribution in [0, 0.1) is 12.8 Å². The smallest absolute Gasteiger partial charge is 0.315 e. The molecule has 2 N–H and O–H groups in total. The first kappa shape index (κ1) is 15.3. The van der Waals surface area contributed by atoms with Crippen LogP contribution in [0.25, 0.3) is 0 Å². The number of amides is 2. The third kappa shape index (κ3) is 4.18. The van der Waals surface area contributed by atoms with E-state index in [1.807, 2.05) is 20.0 Å². The number of carbonyl (C=O) groups is 1. The summed E-state index contributed by atoms with van der Waals surface area (Å²) in [6.07, 6.45) is 2.99. The van der Waals surface area contributed by atoms with E-state index in [4.69, 9.17) is 0 Å². The Bertz CT molecular complexity index is 448. The van der Waals surface area contributed by atoms with Crippen LogP contribution in [0.15, 0.2) is 6.20 Å². The normalized spacial score (nSPS) is 23.6. The SMILES string of the molecule is CCNC(=O)NC1CCN(Cc2cnc(C)s2)CC1C. The summed E-state index contributed by atoms with van der Waals surface area (Å²) < 4.78 is 0. The fourth-order valence-electron chi connectivity index (χ4n) is 2.67. The van der Waals surface area contributed by atoms with Crippen LogP contribution in [0.2, 0.25) is 0 Å². The second-order valence-electron chi connectivity index (χ2n) is 5.46. The molecule has 2 amide bonds. The summed E-state index contributed by atoms with van der Waals surface area (Å²) in [7, 11) is 0. The molecule has 1 fully saturated rings. The molecule has 0 aliphatic carbocycles. The van der Waals surface area contributed by atoms with E-state index >= 15 is 0 Å². The molecule has 2 rings (SSSR count). The van der Waals surface area contributed by atoms with Gasteiger partial charge in [-0.15, -0.1) is 11.3 Å². The van der Waals surface area contributed by atoms with Gasteiger partial charge in [0.05, 0.1) is 5.01 Å². The minimum absolute atomic E-state index is 0.0455. The van der Waals surface area contributed by atoms with Crippen molar-refractivity contribution < 1.29 is 4.79 Å². The molecule has 1 aromatic heterocycles. The van der Waals surface area contributed by atoms with Gasteiger partial charge in [-0.25, -0.2) is 9.78 Å². The predicted molar refractivity (Wildman–Crippen MR) is 81.9 cm³/mol. The van der Waals surface area contributed by atoms with E-state index in [1.54, 1.807) is 11.3 Å². The Labute approximate surface area is 124 Å². The molecule has 0 radical (unpaired) electrons. The second-order valence-corrected chi connectivity index (χ2v) is 6.78. The lowest BCUT2D eigenvalue weighted by Crippen LogP contribution is -2.52. The van der Waals surface area contributed by atoms with Crippen LogP contribution in [0.5, 0.6) is 0 Å². The highest BCUT2D eigenvalue weighted by Gasteiger charge is 2.27. The number of piperidine rings is 1. The van der Waals surface area contributed by atoms with Crippen molar-refractivity contribution in [2.24, 2.45) is 5.92 Å². The van der Waals surface area contributed by atoms with Crippen molar-refractivity contribution in [2.45, 2.75) is 39.8 Å². The van der Waals surface area contributed by atoms with Gasteiger partial charge in [-0.3, -0.25) is 4.90 Å². The molecule has 0 bridgehead atoms. The van der Waals surface area contributed by atoms with Gasteiger partial charge in [0, 0.05) is 43.3 Å². The molecule has 112 valence electrons. The van der Waals surface area contributed by atoms with Gasteiger partial charge in [0.2, 0.25) is 0 Å². The van der Waals surface area contributed by atoms with E-state index in [-0.39, 0.29) is 12.1 Å². The number of nitrogens with one attached hydrogen (secondary N) is 2. The van der Waals surface area contributed by atoms with E-state index < -0.39 is 0 Å². The van der Waals surface area contributed by atoms with Gasteiger partial charge >= 0.3 is 6.03 Å². The van der Waals surface area contributed by atoms with Crippen molar-refractivity contribution in [3.05, 3.63) is 16.1 Å². The maximum Gasteiger partial charge on any atom is 0.315 e. The van der Waals surface area contributed by atoms with Gasteiger partial charge in [-0.05, 0) is 26.2 Å². The molecule has 1 aromatic rings. The second kappa shape index (κ2) is 7.04. The van der Waals surface area contributed by atoms with Crippen molar-refractivity contribution in [1.29, 1.82) is 0 Å². The zero-order valence-corrected chi connectivity index (χ0v) is 13.3. The summed E-state index contributed by atoms with van der Waals surface area (Å²) in [5.74, 6) is 0.473. The number of hydrogen-bond acceptors (Lipinski definition) is 4. The highest BCUT2D eigenvalue weighted by molar-refractivity contribution is 7.11. The average molecular weight is 296 g/mol. The largest absolute Gasteiger partial charge is 0.338 e. The fraction of sp³-hybridized carbons (Fsp3) is 0.714. The summed E-state index contributed by atoms with van der Waals surface area (Å²) in [5.41, 5.74) is 0. The fourth-order valence-corrected chi connectivity index (χ4v) is 3.51. The number of aryl methyl sites for hydroxylation is 1. The quantitative estimate of drug-likeness (QED) is 0.893. The third-order valence-electron chi connectivity index (χ3n) is 3.69. The summed E-state index contributed by atoms with van der Waals surface area (Å²) in [5, 5.41) is 6.99. The Hall–Kier alpha value is -1.14.